The maximum absolute atomic E-state index is 3.80. The lowest BCUT2D eigenvalue weighted by Crippen LogP contribution is -2.06. The number of hydrogen-bond donors (Lipinski definition) is 0. The molecule has 1 rings (SSSR count). The maximum Gasteiger partial charge on any atom is 0.0186 e. The van der Waals surface area contributed by atoms with Crippen molar-refractivity contribution in [1.29, 1.82) is 0 Å². The van der Waals surface area contributed by atoms with Gasteiger partial charge in [-0.2, -0.15) is 0 Å². The Hall–Kier alpha value is -0.300. The molecule has 16 heavy (non-hydrogen) atoms. The van der Waals surface area contributed by atoms with E-state index in [4.69, 9.17) is 0 Å². The third kappa shape index (κ3) is 4.69. The summed E-state index contributed by atoms with van der Waals surface area (Å²) in [5.41, 5.74) is 4.27. The van der Waals surface area contributed by atoms with Crippen molar-refractivity contribution in [1.82, 2.24) is 0 Å². The summed E-state index contributed by atoms with van der Waals surface area (Å²) >= 11 is 3.80. The molecule has 90 valence electrons. The first kappa shape index (κ1) is 13.8. The Bertz CT molecular complexity index is 328. The molecular formula is C15H23Br. The van der Waals surface area contributed by atoms with Crippen LogP contribution < -0.4 is 0 Å². The van der Waals surface area contributed by atoms with Gasteiger partial charge >= 0.3 is 0 Å². The molecule has 0 heterocycles. The molecule has 0 aliphatic heterocycles. The van der Waals surface area contributed by atoms with Crippen molar-refractivity contribution in [3.8, 4) is 0 Å². The van der Waals surface area contributed by atoms with Crippen LogP contribution in [0.4, 0.5) is 0 Å². The second-order valence-electron chi connectivity index (χ2n) is 5.20. The van der Waals surface area contributed by atoms with Gasteiger partial charge in [0, 0.05) is 4.83 Å². The van der Waals surface area contributed by atoms with E-state index in [0.717, 1.165) is 12.3 Å². The topological polar surface area (TPSA) is 0 Å². The van der Waals surface area contributed by atoms with Gasteiger partial charge in [0.05, 0.1) is 0 Å². The molecule has 1 aromatic rings. The van der Waals surface area contributed by atoms with Crippen molar-refractivity contribution in [3.63, 3.8) is 0 Å². The summed E-state index contributed by atoms with van der Waals surface area (Å²) in [5, 5.41) is 0. The van der Waals surface area contributed by atoms with Crippen molar-refractivity contribution in [2.75, 3.05) is 0 Å². The molecule has 0 fully saturated rings. The highest BCUT2D eigenvalue weighted by molar-refractivity contribution is 9.09. The molecule has 0 N–H and O–H groups in total. The largest absolute Gasteiger partial charge is 0.0887 e. The van der Waals surface area contributed by atoms with Crippen LogP contribution in [0.15, 0.2) is 18.2 Å². The van der Waals surface area contributed by atoms with Crippen molar-refractivity contribution < 1.29 is 0 Å². The summed E-state index contributed by atoms with van der Waals surface area (Å²) < 4.78 is 0. The third-order valence-electron chi connectivity index (χ3n) is 3.00. The molecule has 1 heteroatoms. The van der Waals surface area contributed by atoms with Gasteiger partial charge in [-0.05, 0) is 50.2 Å². The SMILES string of the molecule is Cc1ccc(C)c(CC(Br)CCC(C)C)c1. The van der Waals surface area contributed by atoms with Gasteiger partial charge in [-0.15, -0.1) is 0 Å². The van der Waals surface area contributed by atoms with Crippen molar-refractivity contribution in [3.05, 3.63) is 34.9 Å². The molecule has 0 saturated carbocycles. The maximum atomic E-state index is 3.80. The highest BCUT2D eigenvalue weighted by Crippen LogP contribution is 2.20. The van der Waals surface area contributed by atoms with E-state index in [-0.39, 0.29) is 0 Å². The summed E-state index contributed by atoms with van der Waals surface area (Å²) in [6.07, 6.45) is 3.73. The summed E-state index contributed by atoms with van der Waals surface area (Å²) in [6.45, 7) is 8.95. The fraction of sp³-hybridized carbons (Fsp3) is 0.600. The zero-order chi connectivity index (χ0) is 12.1. The van der Waals surface area contributed by atoms with E-state index in [1.54, 1.807) is 0 Å². The normalized spacial score (nSPS) is 13.1. The van der Waals surface area contributed by atoms with Crippen LogP contribution in [0.3, 0.4) is 0 Å². The van der Waals surface area contributed by atoms with Crippen molar-refractivity contribution >= 4 is 15.9 Å². The summed E-state index contributed by atoms with van der Waals surface area (Å²) in [7, 11) is 0. The molecule has 0 nitrogen and oxygen atoms in total. The average molecular weight is 283 g/mol. The minimum Gasteiger partial charge on any atom is -0.0887 e. The highest BCUT2D eigenvalue weighted by Gasteiger charge is 2.08. The molecule has 0 aliphatic rings. The van der Waals surface area contributed by atoms with Gasteiger partial charge in [0.2, 0.25) is 0 Å². The summed E-state index contributed by atoms with van der Waals surface area (Å²) in [4.78, 5) is 0.621. The van der Waals surface area contributed by atoms with Crippen LogP contribution in [0, 0.1) is 19.8 Å². The molecule has 1 unspecified atom stereocenters. The van der Waals surface area contributed by atoms with Crippen LogP contribution in [0.25, 0.3) is 0 Å². The van der Waals surface area contributed by atoms with Gasteiger partial charge in [0.1, 0.15) is 0 Å². The molecule has 0 radical (unpaired) electrons. The molecule has 0 saturated heterocycles. The summed E-state index contributed by atoms with van der Waals surface area (Å²) in [6, 6.07) is 6.74. The third-order valence-corrected chi connectivity index (χ3v) is 3.78. The lowest BCUT2D eigenvalue weighted by atomic mass is 9.98. The zero-order valence-electron chi connectivity index (χ0n) is 10.9. The van der Waals surface area contributed by atoms with Crippen LogP contribution >= 0.6 is 15.9 Å². The highest BCUT2D eigenvalue weighted by atomic mass is 79.9. The molecule has 1 atom stereocenters. The quantitative estimate of drug-likeness (QED) is 0.664. The van der Waals surface area contributed by atoms with E-state index >= 15 is 0 Å². The van der Waals surface area contributed by atoms with Crippen LogP contribution in [-0.2, 0) is 6.42 Å². The monoisotopic (exact) mass is 282 g/mol. The van der Waals surface area contributed by atoms with E-state index in [1.165, 1.54) is 29.5 Å². The Labute approximate surface area is 109 Å². The van der Waals surface area contributed by atoms with Gasteiger partial charge in [0.25, 0.3) is 0 Å². The zero-order valence-corrected chi connectivity index (χ0v) is 12.5. The van der Waals surface area contributed by atoms with Gasteiger partial charge in [-0.1, -0.05) is 53.5 Å². The van der Waals surface area contributed by atoms with Crippen LogP contribution in [0.1, 0.15) is 43.4 Å². The Morgan fingerprint density at radius 1 is 1.12 bits per heavy atom. The molecule has 0 spiro atoms. The van der Waals surface area contributed by atoms with Gasteiger partial charge in [-0.25, -0.2) is 0 Å². The van der Waals surface area contributed by atoms with Gasteiger partial charge in [0.15, 0.2) is 0 Å². The Kier molecular flexibility index (Phi) is 5.54. The lowest BCUT2D eigenvalue weighted by molar-refractivity contribution is 0.547. The fourth-order valence-electron chi connectivity index (χ4n) is 1.88. The van der Waals surface area contributed by atoms with Crippen LogP contribution in [0.5, 0.6) is 0 Å². The number of benzene rings is 1. The van der Waals surface area contributed by atoms with Crippen LogP contribution in [0.2, 0.25) is 0 Å². The Balaban J connectivity index is 2.55. The van der Waals surface area contributed by atoms with E-state index in [2.05, 4.69) is 61.8 Å². The van der Waals surface area contributed by atoms with Gasteiger partial charge in [-0.3, -0.25) is 0 Å². The molecular weight excluding hydrogens is 260 g/mol. The molecule has 0 amide bonds. The van der Waals surface area contributed by atoms with Crippen LogP contribution in [-0.4, -0.2) is 4.83 Å². The second kappa shape index (κ2) is 6.44. The van der Waals surface area contributed by atoms with Crippen molar-refractivity contribution in [2.45, 2.75) is 51.8 Å². The first-order valence-corrected chi connectivity index (χ1v) is 7.10. The van der Waals surface area contributed by atoms with E-state index in [9.17, 15) is 0 Å². The predicted octanol–water partition coefficient (Wildman–Crippen LogP) is 5.05. The number of aryl methyl sites for hydroxylation is 2. The lowest BCUT2D eigenvalue weighted by Gasteiger charge is -2.13. The molecule has 0 aliphatic carbocycles. The Morgan fingerprint density at radius 2 is 1.81 bits per heavy atom. The molecule has 1 aromatic carbocycles. The number of hydrogen-bond acceptors (Lipinski definition) is 0. The minimum absolute atomic E-state index is 0.621. The molecule has 0 bridgehead atoms. The minimum atomic E-state index is 0.621. The number of rotatable bonds is 5. The standard InChI is InChI=1S/C15H23Br/c1-11(2)5-8-15(16)10-14-9-12(3)6-7-13(14)4/h6-7,9,11,15H,5,8,10H2,1-4H3. The number of alkyl halides is 1. The predicted molar refractivity (Wildman–Crippen MR) is 76.4 cm³/mol. The smallest absolute Gasteiger partial charge is 0.0186 e. The van der Waals surface area contributed by atoms with E-state index < -0.39 is 0 Å². The second-order valence-corrected chi connectivity index (χ2v) is 6.50. The molecule has 0 aromatic heterocycles. The fourth-order valence-corrected chi connectivity index (χ4v) is 2.49. The Morgan fingerprint density at radius 3 is 2.44 bits per heavy atom. The van der Waals surface area contributed by atoms with Gasteiger partial charge < -0.3 is 0 Å². The first-order valence-electron chi connectivity index (χ1n) is 6.19. The first-order chi connectivity index (χ1) is 7.49. The average Bonchev–Trinajstić information content (AvgIpc) is 2.20. The number of halogens is 1. The summed E-state index contributed by atoms with van der Waals surface area (Å²) in [5.74, 6) is 0.804. The van der Waals surface area contributed by atoms with E-state index in [1.807, 2.05) is 0 Å². The van der Waals surface area contributed by atoms with Crippen molar-refractivity contribution in [2.24, 2.45) is 5.92 Å². The van der Waals surface area contributed by atoms with E-state index in [0.29, 0.717) is 4.83 Å².